The number of hydrogen-bond acceptors (Lipinski definition) is 3. The zero-order valence-electron chi connectivity index (χ0n) is 17.1. The van der Waals surface area contributed by atoms with Gasteiger partial charge in [-0.3, -0.25) is 4.79 Å². The van der Waals surface area contributed by atoms with Crippen LogP contribution in [0.5, 0.6) is 0 Å². The van der Waals surface area contributed by atoms with E-state index in [9.17, 15) is 13.2 Å². The standard InChI is InChI=1S/C23H30N2O3S/c1-2-3-18-25(21-10-6-4-7-11-21)23(26)19-20-12-14-22(15-13-20)29(27,28)24-16-8-5-9-17-24/h4,6-7,10-15H,2-3,5,8-9,16-19H2,1H3. The summed E-state index contributed by atoms with van der Waals surface area (Å²) >= 11 is 0. The molecule has 0 aromatic heterocycles. The largest absolute Gasteiger partial charge is 0.312 e. The topological polar surface area (TPSA) is 57.7 Å². The first-order valence-corrected chi connectivity index (χ1v) is 11.9. The van der Waals surface area contributed by atoms with Crippen molar-refractivity contribution < 1.29 is 13.2 Å². The van der Waals surface area contributed by atoms with Crippen molar-refractivity contribution in [2.24, 2.45) is 0 Å². The van der Waals surface area contributed by atoms with Crippen molar-refractivity contribution >= 4 is 21.6 Å². The van der Waals surface area contributed by atoms with Crippen molar-refractivity contribution in [2.75, 3.05) is 24.5 Å². The lowest BCUT2D eigenvalue weighted by atomic mass is 10.1. The average Bonchev–Trinajstić information content (AvgIpc) is 2.76. The van der Waals surface area contributed by atoms with E-state index in [1.54, 1.807) is 28.6 Å². The summed E-state index contributed by atoms with van der Waals surface area (Å²) in [6.45, 7) is 3.97. The van der Waals surface area contributed by atoms with E-state index >= 15 is 0 Å². The Bertz CT molecular complexity index is 889. The number of para-hydroxylation sites is 1. The second kappa shape index (κ2) is 10.0. The summed E-state index contributed by atoms with van der Waals surface area (Å²) in [5.74, 6) is 0.0243. The van der Waals surface area contributed by atoms with Crippen molar-refractivity contribution in [3.05, 3.63) is 60.2 Å². The fourth-order valence-electron chi connectivity index (χ4n) is 3.63. The van der Waals surface area contributed by atoms with Gasteiger partial charge in [0, 0.05) is 25.3 Å². The van der Waals surface area contributed by atoms with Gasteiger partial charge in [0.15, 0.2) is 0 Å². The van der Waals surface area contributed by atoms with E-state index in [1.165, 1.54) is 0 Å². The average molecular weight is 415 g/mol. The van der Waals surface area contributed by atoms with Crippen LogP contribution in [0.3, 0.4) is 0 Å². The molecule has 0 spiro atoms. The third-order valence-electron chi connectivity index (χ3n) is 5.34. The summed E-state index contributed by atoms with van der Waals surface area (Å²) in [6, 6.07) is 16.5. The summed E-state index contributed by atoms with van der Waals surface area (Å²) in [6.07, 6.45) is 5.12. The van der Waals surface area contributed by atoms with Gasteiger partial charge in [-0.25, -0.2) is 8.42 Å². The molecule has 1 aliphatic rings. The highest BCUT2D eigenvalue weighted by Gasteiger charge is 2.26. The Morgan fingerprint density at radius 2 is 1.62 bits per heavy atom. The molecule has 1 fully saturated rings. The highest BCUT2D eigenvalue weighted by atomic mass is 32.2. The van der Waals surface area contributed by atoms with Gasteiger partial charge < -0.3 is 4.90 Å². The molecule has 0 bridgehead atoms. The number of anilines is 1. The summed E-state index contributed by atoms with van der Waals surface area (Å²) in [4.78, 5) is 15.1. The van der Waals surface area contributed by atoms with Crippen LogP contribution in [-0.2, 0) is 21.2 Å². The van der Waals surface area contributed by atoms with E-state index in [4.69, 9.17) is 0 Å². The quantitative estimate of drug-likeness (QED) is 0.649. The maximum absolute atomic E-state index is 12.9. The molecule has 3 rings (SSSR count). The van der Waals surface area contributed by atoms with Gasteiger partial charge in [0.05, 0.1) is 11.3 Å². The van der Waals surface area contributed by atoms with Gasteiger partial charge in [-0.15, -0.1) is 0 Å². The summed E-state index contributed by atoms with van der Waals surface area (Å²) in [5, 5.41) is 0. The first kappa shape index (κ1) is 21.5. The van der Waals surface area contributed by atoms with Crippen LogP contribution in [0.15, 0.2) is 59.5 Å². The molecule has 2 aromatic carbocycles. The van der Waals surface area contributed by atoms with Crippen molar-refractivity contribution in [1.29, 1.82) is 0 Å². The monoisotopic (exact) mass is 414 g/mol. The number of unbranched alkanes of at least 4 members (excludes halogenated alkanes) is 1. The zero-order valence-corrected chi connectivity index (χ0v) is 17.9. The lowest BCUT2D eigenvalue weighted by molar-refractivity contribution is -0.118. The third kappa shape index (κ3) is 5.46. The molecule has 1 saturated heterocycles. The van der Waals surface area contributed by atoms with Crippen LogP contribution in [0, 0.1) is 0 Å². The SMILES string of the molecule is CCCCN(C(=O)Cc1ccc(S(=O)(=O)N2CCCCC2)cc1)c1ccccc1. The molecule has 0 unspecified atom stereocenters. The minimum atomic E-state index is -3.44. The van der Waals surface area contributed by atoms with Crippen LogP contribution < -0.4 is 4.90 Å². The molecule has 0 aliphatic carbocycles. The number of amides is 1. The molecule has 1 amide bonds. The molecular formula is C23H30N2O3S. The Balaban J connectivity index is 1.71. The van der Waals surface area contributed by atoms with Gasteiger partial charge in [0.2, 0.25) is 15.9 Å². The van der Waals surface area contributed by atoms with Gasteiger partial charge in [0.1, 0.15) is 0 Å². The Morgan fingerprint density at radius 3 is 2.24 bits per heavy atom. The fourth-order valence-corrected chi connectivity index (χ4v) is 5.14. The number of piperidine rings is 1. The molecule has 29 heavy (non-hydrogen) atoms. The summed E-state index contributed by atoms with van der Waals surface area (Å²) in [7, 11) is -3.44. The number of nitrogens with zero attached hydrogens (tertiary/aromatic N) is 2. The predicted molar refractivity (Wildman–Crippen MR) is 116 cm³/mol. The molecule has 0 saturated carbocycles. The summed E-state index contributed by atoms with van der Waals surface area (Å²) < 4.78 is 27.1. The van der Waals surface area contributed by atoms with Crippen LogP contribution in [0.2, 0.25) is 0 Å². The minimum Gasteiger partial charge on any atom is -0.312 e. The van der Waals surface area contributed by atoms with Crippen molar-refractivity contribution in [1.82, 2.24) is 4.31 Å². The first-order chi connectivity index (χ1) is 14.0. The number of sulfonamides is 1. The second-order valence-electron chi connectivity index (χ2n) is 7.52. The zero-order chi connectivity index (χ0) is 20.7. The van der Waals surface area contributed by atoms with E-state index in [-0.39, 0.29) is 12.3 Å². The molecule has 5 nitrogen and oxygen atoms in total. The Hall–Kier alpha value is -2.18. The molecule has 6 heteroatoms. The minimum absolute atomic E-state index is 0.0243. The van der Waals surface area contributed by atoms with Crippen molar-refractivity contribution in [3.8, 4) is 0 Å². The highest BCUT2D eigenvalue weighted by Crippen LogP contribution is 2.22. The molecule has 1 heterocycles. The van der Waals surface area contributed by atoms with E-state index in [0.29, 0.717) is 24.5 Å². The van der Waals surface area contributed by atoms with E-state index in [2.05, 4.69) is 6.92 Å². The normalized spacial score (nSPS) is 15.2. The molecular weight excluding hydrogens is 384 g/mol. The van der Waals surface area contributed by atoms with Crippen LogP contribution >= 0.6 is 0 Å². The Kier molecular flexibility index (Phi) is 7.45. The molecule has 2 aromatic rings. The molecule has 0 radical (unpaired) electrons. The number of hydrogen-bond donors (Lipinski definition) is 0. The van der Waals surface area contributed by atoms with Crippen LogP contribution in [0.25, 0.3) is 0 Å². The van der Waals surface area contributed by atoms with Crippen molar-refractivity contribution in [2.45, 2.75) is 50.3 Å². The van der Waals surface area contributed by atoms with Gasteiger partial charge in [-0.05, 0) is 49.1 Å². The van der Waals surface area contributed by atoms with Gasteiger partial charge in [-0.1, -0.05) is 50.1 Å². The van der Waals surface area contributed by atoms with E-state index in [1.807, 2.05) is 35.2 Å². The lowest BCUT2D eigenvalue weighted by Gasteiger charge is -2.26. The maximum Gasteiger partial charge on any atom is 0.243 e. The smallest absolute Gasteiger partial charge is 0.243 e. The van der Waals surface area contributed by atoms with Gasteiger partial charge in [-0.2, -0.15) is 4.31 Å². The van der Waals surface area contributed by atoms with Gasteiger partial charge >= 0.3 is 0 Å². The molecule has 156 valence electrons. The molecule has 1 aliphatic heterocycles. The number of benzene rings is 2. The molecule has 0 atom stereocenters. The molecule has 0 N–H and O–H groups in total. The van der Waals surface area contributed by atoms with E-state index < -0.39 is 10.0 Å². The Morgan fingerprint density at radius 1 is 0.966 bits per heavy atom. The predicted octanol–water partition coefficient (Wildman–Crippen LogP) is 4.24. The first-order valence-electron chi connectivity index (χ1n) is 10.5. The highest BCUT2D eigenvalue weighted by molar-refractivity contribution is 7.89. The third-order valence-corrected chi connectivity index (χ3v) is 7.25. The lowest BCUT2D eigenvalue weighted by Crippen LogP contribution is -2.35. The number of carbonyl (C=O) groups is 1. The maximum atomic E-state index is 12.9. The van der Waals surface area contributed by atoms with E-state index in [0.717, 1.165) is 43.4 Å². The van der Waals surface area contributed by atoms with Crippen LogP contribution in [-0.4, -0.2) is 38.3 Å². The Labute approximate surface area is 174 Å². The van der Waals surface area contributed by atoms with Gasteiger partial charge in [0.25, 0.3) is 0 Å². The fraction of sp³-hybridized carbons (Fsp3) is 0.435. The number of carbonyl (C=O) groups excluding carboxylic acids is 1. The number of rotatable bonds is 8. The van der Waals surface area contributed by atoms with Crippen molar-refractivity contribution in [3.63, 3.8) is 0 Å². The second-order valence-corrected chi connectivity index (χ2v) is 9.46. The van der Waals surface area contributed by atoms with Crippen LogP contribution in [0.1, 0.15) is 44.6 Å². The van der Waals surface area contributed by atoms with Crippen LogP contribution in [0.4, 0.5) is 5.69 Å². The summed E-state index contributed by atoms with van der Waals surface area (Å²) in [5.41, 5.74) is 1.72.